The molecule has 3 N–H and O–H groups in total. The summed E-state index contributed by atoms with van der Waals surface area (Å²) in [6, 6.07) is 26.4. The van der Waals surface area contributed by atoms with Gasteiger partial charge < -0.3 is 19.2 Å². The molecule has 0 bridgehead atoms. The van der Waals surface area contributed by atoms with Gasteiger partial charge in [-0.3, -0.25) is 14.6 Å². The zero-order chi connectivity index (χ0) is 38.9. The first-order valence-electron chi connectivity index (χ1n) is 18.0. The molecule has 0 aliphatic carbocycles. The molecular weight excluding hydrogens is 725 g/mol. The summed E-state index contributed by atoms with van der Waals surface area (Å²) in [5, 5.41) is 13.1. The van der Waals surface area contributed by atoms with Crippen molar-refractivity contribution in [3.8, 4) is 5.75 Å². The number of carbonyl (C=O) groups is 1. The van der Waals surface area contributed by atoms with Gasteiger partial charge in [-0.2, -0.15) is 18.5 Å². The number of hydrogen-bond donors (Lipinski definition) is 3. The van der Waals surface area contributed by atoms with Crippen molar-refractivity contribution in [2.45, 2.75) is 71.0 Å². The lowest BCUT2D eigenvalue weighted by molar-refractivity contribution is 0.186. The van der Waals surface area contributed by atoms with Gasteiger partial charge in [0.25, 0.3) is 18.4 Å². The number of benzene rings is 3. The van der Waals surface area contributed by atoms with Crippen LogP contribution in [0.5, 0.6) is 5.75 Å². The highest BCUT2D eigenvalue weighted by molar-refractivity contribution is 7.85. The third-order valence-corrected chi connectivity index (χ3v) is 15.1. The van der Waals surface area contributed by atoms with Crippen molar-refractivity contribution in [2.24, 2.45) is 0 Å². The predicted octanol–water partition coefficient (Wildman–Crippen LogP) is 6.04. The minimum Gasteiger partial charge on any atom is -0.496 e. The summed E-state index contributed by atoms with van der Waals surface area (Å²) in [5.41, 5.74) is 2.54. The molecule has 2 aromatic heterocycles. The maximum absolute atomic E-state index is 12.2. The van der Waals surface area contributed by atoms with Crippen molar-refractivity contribution in [3.63, 3.8) is 0 Å². The summed E-state index contributed by atoms with van der Waals surface area (Å²) in [7, 11) is -4.07. The average molecular weight is 775 g/mol. The third kappa shape index (κ3) is 9.63. The molecule has 0 saturated carbocycles. The SMILES string of the molecule is CCC[C@@H](CCO[Si](c1ccccc1)(c1ccccc1)C(C)(C)C)Nc1nc(NC(=O)OC)nc2cnn(Cc3cc(CCS(=O)(=O)O)ccc3OC)c12. The second kappa shape index (κ2) is 17.5. The zero-order valence-electron chi connectivity index (χ0n) is 31.7. The van der Waals surface area contributed by atoms with Gasteiger partial charge in [0.05, 0.1) is 32.7 Å². The molecule has 0 fully saturated rings. The number of nitrogens with zero attached hydrogens (tertiary/aromatic N) is 4. The minimum absolute atomic E-state index is 0.0556. The number of nitrogens with one attached hydrogen (secondary N) is 2. The molecule has 15 heteroatoms. The van der Waals surface area contributed by atoms with Crippen LogP contribution in [0.1, 0.15) is 58.1 Å². The highest BCUT2D eigenvalue weighted by Gasteiger charge is 2.50. The smallest absolute Gasteiger partial charge is 0.413 e. The van der Waals surface area contributed by atoms with Crippen molar-refractivity contribution >= 4 is 57.7 Å². The Morgan fingerprint density at radius 1 is 0.963 bits per heavy atom. The van der Waals surface area contributed by atoms with Gasteiger partial charge in [0.1, 0.15) is 16.8 Å². The molecule has 0 aliphatic rings. The van der Waals surface area contributed by atoms with E-state index in [0.717, 1.165) is 18.4 Å². The van der Waals surface area contributed by atoms with Crippen LogP contribution >= 0.6 is 0 Å². The normalized spacial score (nSPS) is 12.7. The number of methoxy groups -OCH3 is 2. The van der Waals surface area contributed by atoms with Gasteiger partial charge in [0, 0.05) is 18.2 Å². The van der Waals surface area contributed by atoms with Crippen molar-refractivity contribution in [3.05, 3.63) is 96.2 Å². The van der Waals surface area contributed by atoms with Crippen LogP contribution in [0.25, 0.3) is 11.0 Å². The van der Waals surface area contributed by atoms with E-state index in [-0.39, 0.29) is 30.0 Å². The van der Waals surface area contributed by atoms with Crippen LogP contribution in [0.4, 0.5) is 16.6 Å². The van der Waals surface area contributed by atoms with Crippen LogP contribution < -0.4 is 25.7 Å². The van der Waals surface area contributed by atoms with Gasteiger partial charge in [0.15, 0.2) is 5.82 Å². The average Bonchev–Trinajstić information content (AvgIpc) is 3.55. The fourth-order valence-corrected chi connectivity index (χ4v) is 12.0. The molecule has 288 valence electrons. The Bertz CT molecular complexity index is 2090. The van der Waals surface area contributed by atoms with Crippen LogP contribution in [0.3, 0.4) is 0 Å². The van der Waals surface area contributed by atoms with E-state index in [1.54, 1.807) is 30.1 Å². The molecule has 0 spiro atoms. The molecule has 5 rings (SSSR count). The number of rotatable bonds is 17. The second-order valence-electron chi connectivity index (χ2n) is 14.2. The van der Waals surface area contributed by atoms with E-state index in [9.17, 15) is 17.8 Å². The number of aromatic nitrogens is 4. The van der Waals surface area contributed by atoms with E-state index >= 15 is 0 Å². The molecular formula is C39H50N6O7SSi. The molecule has 1 atom stereocenters. The van der Waals surface area contributed by atoms with Gasteiger partial charge in [-0.1, -0.05) is 107 Å². The van der Waals surface area contributed by atoms with Crippen LogP contribution in [-0.4, -0.2) is 79.8 Å². The summed E-state index contributed by atoms with van der Waals surface area (Å²) >= 11 is 0. The molecule has 13 nitrogen and oxygen atoms in total. The summed E-state index contributed by atoms with van der Waals surface area (Å²) in [4.78, 5) is 21.5. The lowest BCUT2D eigenvalue weighted by Crippen LogP contribution is -2.66. The van der Waals surface area contributed by atoms with Crippen LogP contribution in [0, 0.1) is 0 Å². The number of aryl methyl sites for hydroxylation is 1. The zero-order valence-corrected chi connectivity index (χ0v) is 33.5. The van der Waals surface area contributed by atoms with Gasteiger partial charge in [-0.25, -0.2) is 9.78 Å². The topological polar surface area (TPSA) is 167 Å². The highest BCUT2D eigenvalue weighted by atomic mass is 32.2. The van der Waals surface area contributed by atoms with E-state index in [1.165, 1.54) is 17.5 Å². The largest absolute Gasteiger partial charge is 0.496 e. The van der Waals surface area contributed by atoms with E-state index in [2.05, 4.69) is 96.9 Å². The van der Waals surface area contributed by atoms with Gasteiger partial charge in [-0.15, -0.1) is 0 Å². The monoisotopic (exact) mass is 774 g/mol. The minimum atomic E-state index is -4.14. The molecule has 2 heterocycles. The Kier molecular flexibility index (Phi) is 13.1. The first kappa shape index (κ1) is 40.4. The lowest BCUT2D eigenvalue weighted by atomic mass is 10.1. The van der Waals surface area contributed by atoms with Gasteiger partial charge >= 0.3 is 6.09 Å². The second-order valence-corrected chi connectivity index (χ2v) is 20.0. The summed E-state index contributed by atoms with van der Waals surface area (Å²) < 4.78 is 51.6. The number of anilines is 2. The number of hydrogen-bond acceptors (Lipinski definition) is 10. The van der Waals surface area contributed by atoms with E-state index < -0.39 is 30.3 Å². The molecule has 3 aromatic carbocycles. The summed E-state index contributed by atoms with van der Waals surface area (Å²) in [6.07, 6.45) is 3.39. The standard InChI is InChI=1S/C39H50N6O7SSi/c1-7-14-30(21-23-52-54(39(2,3)4,31-15-10-8-11-16-31)32-17-12-9-13-18-32)41-36-35-33(42-37(43-36)44-38(46)51-6)26-40-45(35)27-29-25-28(19-20-34(29)50-5)22-24-53(47,48)49/h8-13,15-20,25-26,30H,7,14,21-24,27H2,1-6H3,(H,47,48,49)(H2,41,42,43,44,46)/t30-/m0/s1. The molecule has 0 saturated heterocycles. The van der Waals surface area contributed by atoms with Crippen LogP contribution in [-0.2, 0) is 32.2 Å². The van der Waals surface area contributed by atoms with E-state index in [1.807, 2.05) is 18.2 Å². The fourth-order valence-electron chi connectivity index (χ4n) is 6.88. The van der Waals surface area contributed by atoms with Crippen molar-refractivity contribution in [2.75, 3.05) is 37.2 Å². The van der Waals surface area contributed by atoms with Crippen molar-refractivity contribution in [1.82, 2.24) is 19.7 Å². The van der Waals surface area contributed by atoms with E-state index in [4.69, 9.17) is 18.9 Å². The summed E-state index contributed by atoms with van der Waals surface area (Å²) in [5.74, 6) is 0.701. The van der Waals surface area contributed by atoms with Crippen molar-refractivity contribution in [1.29, 1.82) is 0 Å². The maximum Gasteiger partial charge on any atom is 0.413 e. The molecule has 0 aliphatic heterocycles. The first-order chi connectivity index (χ1) is 25.8. The Hall–Kier alpha value is -4.83. The highest BCUT2D eigenvalue weighted by Crippen LogP contribution is 2.37. The van der Waals surface area contributed by atoms with Crippen molar-refractivity contribution < 1.29 is 31.7 Å². The molecule has 1 amide bonds. The lowest BCUT2D eigenvalue weighted by Gasteiger charge is -2.43. The third-order valence-electron chi connectivity index (χ3n) is 9.38. The number of fused-ring (bicyclic) bond motifs is 1. The van der Waals surface area contributed by atoms with Gasteiger partial charge in [-0.05, 0) is 46.3 Å². The molecule has 5 aromatic rings. The number of ether oxygens (including phenoxy) is 2. The van der Waals surface area contributed by atoms with Crippen LogP contribution in [0.15, 0.2) is 85.1 Å². The molecule has 0 radical (unpaired) electrons. The van der Waals surface area contributed by atoms with Crippen LogP contribution in [0.2, 0.25) is 5.04 Å². The Balaban J connectivity index is 1.49. The Labute approximate surface area is 318 Å². The Morgan fingerprint density at radius 2 is 1.63 bits per heavy atom. The Morgan fingerprint density at radius 3 is 2.20 bits per heavy atom. The maximum atomic E-state index is 12.2. The fraction of sp³-hybridized carbons (Fsp3) is 0.385. The van der Waals surface area contributed by atoms with Gasteiger partial charge in [0.2, 0.25) is 5.95 Å². The predicted molar refractivity (Wildman–Crippen MR) is 214 cm³/mol. The summed E-state index contributed by atoms with van der Waals surface area (Å²) in [6.45, 7) is 9.63. The first-order valence-corrected chi connectivity index (χ1v) is 21.5. The number of amides is 1. The molecule has 0 unspecified atom stereocenters. The quantitative estimate of drug-likeness (QED) is 0.0745. The molecule has 54 heavy (non-hydrogen) atoms. The number of carbonyl (C=O) groups excluding carboxylic acids is 1. The van der Waals surface area contributed by atoms with E-state index in [0.29, 0.717) is 41.2 Å².